The molecular formula is C10H11BrO3. The van der Waals surface area contributed by atoms with Crippen LogP contribution < -0.4 is 0 Å². The van der Waals surface area contributed by atoms with Crippen molar-refractivity contribution < 1.29 is 14.6 Å². The molecule has 0 aromatic heterocycles. The van der Waals surface area contributed by atoms with Crippen LogP contribution in [0.4, 0.5) is 0 Å². The van der Waals surface area contributed by atoms with Gasteiger partial charge >= 0.3 is 5.97 Å². The topological polar surface area (TPSA) is 46.5 Å². The van der Waals surface area contributed by atoms with Gasteiger partial charge in [-0.15, -0.1) is 0 Å². The van der Waals surface area contributed by atoms with Crippen molar-refractivity contribution in [2.45, 2.75) is 12.5 Å². The number of carboxylic acid groups (broad SMARTS) is 1. The molecule has 1 rings (SSSR count). The zero-order valence-corrected chi connectivity index (χ0v) is 9.54. The van der Waals surface area contributed by atoms with Gasteiger partial charge in [-0.1, -0.05) is 28.1 Å². The molecule has 0 heterocycles. The summed E-state index contributed by atoms with van der Waals surface area (Å²) >= 11 is 3.28. The summed E-state index contributed by atoms with van der Waals surface area (Å²) in [5.74, 6) is -1.00. The van der Waals surface area contributed by atoms with Crippen LogP contribution in [0.15, 0.2) is 28.7 Å². The van der Waals surface area contributed by atoms with Crippen LogP contribution >= 0.6 is 15.9 Å². The first-order valence-electron chi connectivity index (χ1n) is 4.05. The highest BCUT2D eigenvalue weighted by molar-refractivity contribution is 9.10. The fourth-order valence-corrected chi connectivity index (χ4v) is 1.51. The average molecular weight is 259 g/mol. The highest BCUT2D eigenvalue weighted by Gasteiger charge is 2.35. The third-order valence-electron chi connectivity index (χ3n) is 2.19. The summed E-state index contributed by atoms with van der Waals surface area (Å²) in [5, 5.41) is 9.04. The number of halogens is 1. The molecule has 1 N–H and O–H groups in total. The maximum Gasteiger partial charge on any atom is 0.340 e. The van der Waals surface area contributed by atoms with E-state index in [4.69, 9.17) is 9.84 Å². The van der Waals surface area contributed by atoms with Gasteiger partial charge in [-0.25, -0.2) is 4.79 Å². The van der Waals surface area contributed by atoms with E-state index >= 15 is 0 Å². The van der Waals surface area contributed by atoms with Crippen molar-refractivity contribution in [2.24, 2.45) is 0 Å². The number of aliphatic carboxylic acids is 1. The molecule has 0 radical (unpaired) electrons. The Morgan fingerprint density at radius 2 is 2.21 bits per heavy atom. The van der Waals surface area contributed by atoms with Gasteiger partial charge in [0.05, 0.1) is 0 Å². The third-order valence-corrected chi connectivity index (χ3v) is 2.69. The Balaban J connectivity index is 3.19. The van der Waals surface area contributed by atoms with Crippen molar-refractivity contribution in [3.63, 3.8) is 0 Å². The number of carbonyl (C=O) groups is 1. The number of rotatable bonds is 3. The van der Waals surface area contributed by atoms with E-state index in [2.05, 4.69) is 15.9 Å². The first-order valence-corrected chi connectivity index (χ1v) is 4.84. The fourth-order valence-electron chi connectivity index (χ4n) is 1.11. The second-order valence-electron chi connectivity index (χ2n) is 3.05. The Morgan fingerprint density at radius 1 is 1.57 bits per heavy atom. The molecule has 0 fully saturated rings. The summed E-state index contributed by atoms with van der Waals surface area (Å²) in [7, 11) is 1.38. The predicted molar refractivity (Wildman–Crippen MR) is 56.1 cm³/mol. The van der Waals surface area contributed by atoms with Crippen LogP contribution in [-0.4, -0.2) is 18.2 Å². The van der Waals surface area contributed by atoms with E-state index in [0.717, 1.165) is 4.47 Å². The minimum absolute atomic E-state index is 0.613. The second kappa shape index (κ2) is 4.11. The van der Waals surface area contributed by atoms with Crippen LogP contribution in [0.1, 0.15) is 12.5 Å². The van der Waals surface area contributed by atoms with Crippen LogP contribution in [0, 0.1) is 0 Å². The van der Waals surface area contributed by atoms with Gasteiger partial charge < -0.3 is 9.84 Å². The summed E-state index contributed by atoms with van der Waals surface area (Å²) in [6.45, 7) is 1.52. The molecule has 1 atom stereocenters. The normalized spacial score (nSPS) is 14.8. The second-order valence-corrected chi connectivity index (χ2v) is 3.97. The molecular weight excluding hydrogens is 248 g/mol. The molecule has 0 aliphatic carbocycles. The Labute approximate surface area is 90.8 Å². The lowest BCUT2D eigenvalue weighted by Gasteiger charge is -2.23. The lowest BCUT2D eigenvalue weighted by Crippen LogP contribution is -2.34. The minimum Gasteiger partial charge on any atom is -0.479 e. The smallest absolute Gasteiger partial charge is 0.340 e. The van der Waals surface area contributed by atoms with E-state index in [-0.39, 0.29) is 0 Å². The van der Waals surface area contributed by atoms with Crippen molar-refractivity contribution >= 4 is 21.9 Å². The summed E-state index contributed by atoms with van der Waals surface area (Å²) in [5.41, 5.74) is -0.675. The molecule has 14 heavy (non-hydrogen) atoms. The highest BCUT2D eigenvalue weighted by atomic mass is 79.9. The van der Waals surface area contributed by atoms with Gasteiger partial charge in [-0.05, 0) is 24.6 Å². The molecule has 1 aromatic carbocycles. The average Bonchev–Trinajstić information content (AvgIpc) is 2.16. The SMILES string of the molecule is COC(C)(C(=O)O)c1cccc(Br)c1. The summed E-state index contributed by atoms with van der Waals surface area (Å²) in [6, 6.07) is 7.07. The first kappa shape index (κ1) is 11.2. The predicted octanol–water partition coefficient (Wildman–Crippen LogP) is 2.40. The highest BCUT2D eigenvalue weighted by Crippen LogP contribution is 2.27. The quantitative estimate of drug-likeness (QED) is 0.906. The molecule has 4 heteroatoms. The molecule has 0 aliphatic rings. The maximum absolute atomic E-state index is 11.0. The molecule has 1 unspecified atom stereocenters. The standard InChI is InChI=1S/C10H11BrO3/c1-10(14-2,9(12)13)7-4-3-5-8(11)6-7/h3-6H,1-2H3,(H,12,13). The van der Waals surface area contributed by atoms with E-state index in [1.807, 2.05) is 6.07 Å². The summed E-state index contributed by atoms with van der Waals surface area (Å²) in [4.78, 5) is 11.0. The number of hydrogen-bond acceptors (Lipinski definition) is 2. The number of carboxylic acids is 1. The van der Waals surface area contributed by atoms with Gasteiger partial charge in [-0.2, -0.15) is 0 Å². The number of benzene rings is 1. The molecule has 76 valence electrons. The molecule has 1 aromatic rings. The van der Waals surface area contributed by atoms with Crippen LogP contribution in [-0.2, 0) is 15.1 Å². The Hall–Kier alpha value is -0.870. The first-order chi connectivity index (χ1) is 6.50. The van der Waals surface area contributed by atoms with E-state index in [9.17, 15) is 4.79 Å². The Morgan fingerprint density at radius 3 is 2.64 bits per heavy atom. The maximum atomic E-state index is 11.0. The van der Waals surface area contributed by atoms with Gasteiger partial charge in [0.1, 0.15) is 0 Å². The molecule has 0 amide bonds. The molecule has 0 bridgehead atoms. The molecule has 3 nitrogen and oxygen atoms in total. The number of ether oxygens (including phenoxy) is 1. The van der Waals surface area contributed by atoms with E-state index in [0.29, 0.717) is 5.56 Å². The molecule has 0 spiro atoms. The van der Waals surface area contributed by atoms with Crippen LogP contribution in [0.2, 0.25) is 0 Å². The van der Waals surface area contributed by atoms with Gasteiger partial charge in [0.2, 0.25) is 0 Å². The zero-order chi connectivity index (χ0) is 10.8. The van der Waals surface area contributed by atoms with Crippen molar-refractivity contribution in [1.29, 1.82) is 0 Å². The largest absolute Gasteiger partial charge is 0.479 e. The fraction of sp³-hybridized carbons (Fsp3) is 0.300. The summed E-state index contributed by atoms with van der Waals surface area (Å²) < 4.78 is 5.85. The number of hydrogen-bond donors (Lipinski definition) is 1. The monoisotopic (exact) mass is 258 g/mol. The molecule has 0 aliphatic heterocycles. The van der Waals surface area contributed by atoms with Crippen LogP contribution in [0.3, 0.4) is 0 Å². The zero-order valence-electron chi connectivity index (χ0n) is 7.95. The third kappa shape index (κ3) is 1.96. The van der Waals surface area contributed by atoms with Gasteiger partial charge in [0.25, 0.3) is 0 Å². The van der Waals surface area contributed by atoms with Crippen molar-refractivity contribution in [2.75, 3.05) is 7.11 Å². The van der Waals surface area contributed by atoms with E-state index in [1.54, 1.807) is 18.2 Å². The molecule has 0 saturated heterocycles. The molecule has 0 saturated carbocycles. The minimum atomic E-state index is -1.29. The van der Waals surface area contributed by atoms with Crippen molar-refractivity contribution in [1.82, 2.24) is 0 Å². The summed E-state index contributed by atoms with van der Waals surface area (Å²) in [6.07, 6.45) is 0. The van der Waals surface area contributed by atoms with Gasteiger partial charge in [0, 0.05) is 11.6 Å². The van der Waals surface area contributed by atoms with Crippen LogP contribution in [0.5, 0.6) is 0 Å². The lowest BCUT2D eigenvalue weighted by molar-refractivity contribution is -0.161. The van der Waals surface area contributed by atoms with Crippen LogP contribution in [0.25, 0.3) is 0 Å². The van der Waals surface area contributed by atoms with Crippen molar-refractivity contribution in [3.05, 3.63) is 34.3 Å². The Bertz CT molecular complexity index is 351. The Kier molecular flexibility index (Phi) is 3.29. The van der Waals surface area contributed by atoms with Gasteiger partial charge in [0.15, 0.2) is 5.60 Å². The van der Waals surface area contributed by atoms with E-state index in [1.165, 1.54) is 14.0 Å². The van der Waals surface area contributed by atoms with Crippen molar-refractivity contribution in [3.8, 4) is 0 Å². The number of methoxy groups -OCH3 is 1. The lowest BCUT2D eigenvalue weighted by atomic mass is 9.96. The van der Waals surface area contributed by atoms with Gasteiger partial charge in [-0.3, -0.25) is 0 Å². The van der Waals surface area contributed by atoms with E-state index < -0.39 is 11.6 Å².